The van der Waals surface area contributed by atoms with Gasteiger partial charge in [-0.25, -0.2) is 0 Å². The summed E-state index contributed by atoms with van der Waals surface area (Å²) in [6, 6.07) is 9.89. The quantitative estimate of drug-likeness (QED) is 0.745. The largest absolute Gasteiger partial charge is 0.326 e. The van der Waals surface area contributed by atoms with Crippen molar-refractivity contribution in [3.05, 3.63) is 30.3 Å². The first-order valence-corrected chi connectivity index (χ1v) is 8.56. The molecule has 0 aliphatic heterocycles. The van der Waals surface area contributed by atoms with Crippen LogP contribution in [-0.2, 0) is 4.79 Å². The third-order valence-corrected chi connectivity index (χ3v) is 5.16. The van der Waals surface area contributed by atoms with Crippen LogP contribution in [-0.4, -0.2) is 5.91 Å². The van der Waals surface area contributed by atoms with Gasteiger partial charge in [-0.05, 0) is 37.3 Å². The van der Waals surface area contributed by atoms with Crippen LogP contribution < -0.4 is 5.32 Å². The summed E-state index contributed by atoms with van der Waals surface area (Å²) in [4.78, 5) is 12.9. The van der Waals surface area contributed by atoms with Gasteiger partial charge in [0.25, 0.3) is 0 Å². The molecular formula is C19H29NO. The zero-order valence-electron chi connectivity index (χ0n) is 13.5. The number of carbonyl (C=O) groups excluding carboxylic acids is 1. The number of carbonyl (C=O) groups is 1. The summed E-state index contributed by atoms with van der Waals surface area (Å²) in [5.74, 6) is 0.921. The maximum Gasteiger partial charge on any atom is 0.230 e. The fraction of sp³-hybridized carbons (Fsp3) is 0.632. The van der Waals surface area contributed by atoms with Gasteiger partial charge in [0.05, 0.1) is 0 Å². The monoisotopic (exact) mass is 287 g/mol. The lowest BCUT2D eigenvalue weighted by Crippen LogP contribution is -2.39. The van der Waals surface area contributed by atoms with Crippen molar-refractivity contribution in [2.45, 2.75) is 65.2 Å². The van der Waals surface area contributed by atoms with Gasteiger partial charge in [0.1, 0.15) is 0 Å². The van der Waals surface area contributed by atoms with E-state index in [-0.39, 0.29) is 11.3 Å². The maximum atomic E-state index is 12.9. The Hall–Kier alpha value is -1.31. The van der Waals surface area contributed by atoms with Gasteiger partial charge in [-0.15, -0.1) is 0 Å². The van der Waals surface area contributed by atoms with E-state index in [0.29, 0.717) is 5.92 Å². The summed E-state index contributed by atoms with van der Waals surface area (Å²) in [5, 5.41) is 3.17. The Morgan fingerprint density at radius 2 is 1.71 bits per heavy atom. The van der Waals surface area contributed by atoms with Gasteiger partial charge in [-0.2, -0.15) is 0 Å². The summed E-state index contributed by atoms with van der Waals surface area (Å²) < 4.78 is 0. The molecule has 1 aromatic carbocycles. The molecule has 0 saturated heterocycles. The second kappa shape index (κ2) is 7.63. The van der Waals surface area contributed by atoms with Crippen LogP contribution in [0.4, 0.5) is 5.69 Å². The van der Waals surface area contributed by atoms with E-state index in [1.54, 1.807) is 0 Å². The van der Waals surface area contributed by atoms with Crippen molar-refractivity contribution in [1.82, 2.24) is 0 Å². The Morgan fingerprint density at radius 3 is 2.29 bits per heavy atom. The molecule has 0 unspecified atom stereocenters. The second-order valence-electron chi connectivity index (χ2n) is 6.55. The van der Waals surface area contributed by atoms with Crippen molar-refractivity contribution in [2.75, 3.05) is 5.32 Å². The van der Waals surface area contributed by atoms with E-state index in [9.17, 15) is 4.79 Å². The highest BCUT2D eigenvalue weighted by Gasteiger charge is 2.40. The Morgan fingerprint density at radius 1 is 1.10 bits per heavy atom. The minimum atomic E-state index is -0.134. The van der Waals surface area contributed by atoms with Gasteiger partial charge in [-0.1, -0.05) is 64.2 Å². The van der Waals surface area contributed by atoms with Crippen molar-refractivity contribution < 1.29 is 4.79 Å². The standard InChI is InChI=1S/C19H29NO/c1-3-16(4-2)15-19(13-9-6-10-14-19)18(21)20-17-11-7-5-8-12-17/h5,7-8,11-12,16H,3-4,6,9-10,13-15H2,1-2H3,(H,20,21). The Kier molecular flexibility index (Phi) is 5.84. The number of benzene rings is 1. The van der Waals surface area contributed by atoms with Gasteiger partial charge in [0.2, 0.25) is 5.91 Å². The molecule has 1 aromatic rings. The third-order valence-electron chi connectivity index (χ3n) is 5.16. The normalized spacial score (nSPS) is 17.7. The molecule has 0 bridgehead atoms. The van der Waals surface area contributed by atoms with Crippen LogP contribution >= 0.6 is 0 Å². The molecule has 2 rings (SSSR count). The lowest BCUT2D eigenvalue weighted by Gasteiger charge is -2.38. The summed E-state index contributed by atoms with van der Waals surface area (Å²) in [6.45, 7) is 4.50. The smallest absolute Gasteiger partial charge is 0.230 e. The van der Waals surface area contributed by atoms with Crippen LogP contribution in [0.25, 0.3) is 0 Å². The molecule has 0 aromatic heterocycles. The average Bonchev–Trinajstić information content (AvgIpc) is 2.54. The molecule has 1 saturated carbocycles. The molecule has 1 amide bonds. The topological polar surface area (TPSA) is 29.1 Å². The van der Waals surface area contributed by atoms with E-state index in [1.807, 2.05) is 30.3 Å². The first kappa shape index (κ1) is 16.1. The minimum absolute atomic E-state index is 0.134. The molecular weight excluding hydrogens is 258 g/mol. The predicted octanol–water partition coefficient (Wildman–Crippen LogP) is 5.40. The summed E-state index contributed by atoms with van der Waals surface area (Å²) in [5.41, 5.74) is 0.794. The van der Waals surface area contributed by atoms with Crippen LogP contribution in [0.3, 0.4) is 0 Å². The maximum absolute atomic E-state index is 12.9. The number of nitrogens with one attached hydrogen (secondary N) is 1. The predicted molar refractivity (Wildman–Crippen MR) is 89.3 cm³/mol. The zero-order chi connectivity index (χ0) is 15.1. The van der Waals surface area contributed by atoms with Crippen LogP contribution in [0.15, 0.2) is 30.3 Å². The summed E-state index contributed by atoms with van der Waals surface area (Å²) >= 11 is 0. The number of hydrogen-bond acceptors (Lipinski definition) is 1. The lowest BCUT2D eigenvalue weighted by atomic mass is 9.67. The number of amides is 1. The molecule has 1 N–H and O–H groups in total. The van der Waals surface area contributed by atoms with E-state index in [1.165, 1.54) is 32.1 Å². The van der Waals surface area contributed by atoms with Gasteiger partial charge < -0.3 is 5.32 Å². The molecule has 2 heteroatoms. The molecule has 116 valence electrons. The fourth-order valence-corrected chi connectivity index (χ4v) is 3.67. The van der Waals surface area contributed by atoms with Gasteiger partial charge >= 0.3 is 0 Å². The molecule has 21 heavy (non-hydrogen) atoms. The minimum Gasteiger partial charge on any atom is -0.326 e. The molecule has 0 spiro atoms. The molecule has 0 atom stereocenters. The summed E-state index contributed by atoms with van der Waals surface area (Å²) in [6.07, 6.45) is 9.20. The van der Waals surface area contributed by atoms with E-state index in [4.69, 9.17) is 0 Å². The highest BCUT2D eigenvalue weighted by atomic mass is 16.2. The SMILES string of the molecule is CCC(CC)CC1(C(=O)Nc2ccccc2)CCCCC1. The van der Waals surface area contributed by atoms with Gasteiger partial charge in [0, 0.05) is 11.1 Å². The molecule has 1 fully saturated rings. The molecule has 0 radical (unpaired) electrons. The van der Waals surface area contributed by atoms with Crippen molar-refractivity contribution >= 4 is 11.6 Å². The third kappa shape index (κ3) is 4.09. The number of anilines is 1. The zero-order valence-corrected chi connectivity index (χ0v) is 13.5. The number of hydrogen-bond donors (Lipinski definition) is 1. The second-order valence-corrected chi connectivity index (χ2v) is 6.55. The van der Waals surface area contributed by atoms with Crippen LogP contribution in [0.2, 0.25) is 0 Å². The van der Waals surface area contributed by atoms with E-state index < -0.39 is 0 Å². The highest BCUT2D eigenvalue weighted by Crippen LogP contribution is 2.43. The Balaban J connectivity index is 2.12. The first-order chi connectivity index (χ1) is 10.2. The van der Waals surface area contributed by atoms with Crippen molar-refractivity contribution in [2.24, 2.45) is 11.3 Å². The fourth-order valence-electron chi connectivity index (χ4n) is 3.67. The van der Waals surface area contributed by atoms with E-state index >= 15 is 0 Å². The summed E-state index contributed by atoms with van der Waals surface area (Å²) in [7, 11) is 0. The van der Waals surface area contributed by atoms with Crippen molar-refractivity contribution in [3.8, 4) is 0 Å². The molecule has 1 aliphatic carbocycles. The molecule has 1 aliphatic rings. The molecule has 2 nitrogen and oxygen atoms in total. The number of para-hydroxylation sites is 1. The van der Waals surface area contributed by atoms with Gasteiger partial charge in [0.15, 0.2) is 0 Å². The van der Waals surface area contributed by atoms with Crippen LogP contribution in [0, 0.1) is 11.3 Å². The van der Waals surface area contributed by atoms with Crippen molar-refractivity contribution in [3.63, 3.8) is 0 Å². The molecule has 0 heterocycles. The van der Waals surface area contributed by atoms with E-state index in [2.05, 4.69) is 19.2 Å². The first-order valence-electron chi connectivity index (χ1n) is 8.56. The van der Waals surface area contributed by atoms with Crippen LogP contribution in [0.5, 0.6) is 0 Å². The lowest BCUT2D eigenvalue weighted by molar-refractivity contribution is -0.128. The average molecular weight is 287 g/mol. The Bertz CT molecular complexity index is 430. The van der Waals surface area contributed by atoms with Gasteiger partial charge in [-0.3, -0.25) is 4.79 Å². The number of rotatable bonds is 6. The van der Waals surface area contributed by atoms with Crippen molar-refractivity contribution in [1.29, 1.82) is 0 Å². The highest BCUT2D eigenvalue weighted by molar-refractivity contribution is 5.95. The van der Waals surface area contributed by atoms with E-state index in [0.717, 1.165) is 24.9 Å². The Labute approximate surface area is 129 Å². The van der Waals surface area contributed by atoms with Crippen LogP contribution in [0.1, 0.15) is 65.2 Å².